The fourth-order valence-corrected chi connectivity index (χ4v) is 3.85. The molecular formula is C18H27N3O2. The first-order valence-corrected chi connectivity index (χ1v) is 8.68. The van der Waals surface area contributed by atoms with E-state index in [0.29, 0.717) is 5.69 Å². The van der Waals surface area contributed by atoms with Gasteiger partial charge in [-0.05, 0) is 51.8 Å². The zero-order valence-corrected chi connectivity index (χ0v) is 14.2. The lowest BCUT2D eigenvalue weighted by atomic mass is 9.82. The van der Waals surface area contributed by atoms with Crippen LogP contribution < -0.4 is 0 Å². The van der Waals surface area contributed by atoms with Crippen LogP contribution in [0.3, 0.4) is 0 Å². The van der Waals surface area contributed by atoms with Crippen LogP contribution in [0.2, 0.25) is 0 Å². The largest absolute Gasteiger partial charge is 0.375 e. The molecule has 5 nitrogen and oxygen atoms in total. The average molecular weight is 317 g/mol. The molecule has 0 unspecified atom stereocenters. The molecule has 0 saturated carbocycles. The summed E-state index contributed by atoms with van der Waals surface area (Å²) in [5.74, 6) is 0.0445. The van der Waals surface area contributed by atoms with Gasteiger partial charge in [-0.15, -0.1) is 0 Å². The summed E-state index contributed by atoms with van der Waals surface area (Å²) in [6.45, 7) is 5.67. The van der Waals surface area contributed by atoms with E-state index in [1.165, 1.54) is 0 Å². The van der Waals surface area contributed by atoms with Gasteiger partial charge in [0.1, 0.15) is 5.69 Å². The van der Waals surface area contributed by atoms with E-state index >= 15 is 0 Å². The fourth-order valence-electron chi connectivity index (χ4n) is 3.85. The Kier molecular flexibility index (Phi) is 4.97. The van der Waals surface area contributed by atoms with Crippen molar-refractivity contribution in [2.75, 3.05) is 33.3 Å². The minimum Gasteiger partial charge on any atom is -0.375 e. The summed E-state index contributed by atoms with van der Waals surface area (Å²) >= 11 is 0. The van der Waals surface area contributed by atoms with Gasteiger partial charge in [-0.3, -0.25) is 9.78 Å². The third kappa shape index (κ3) is 3.56. The first-order valence-electron chi connectivity index (χ1n) is 8.68. The number of piperidine rings is 1. The number of nitrogens with zero attached hydrogens (tertiary/aromatic N) is 3. The summed E-state index contributed by atoms with van der Waals surface area (Å²) in [7, 11) is 2.16. The lowest BCUT2D eigenvalue weighted by Gasteiger charge is -2.47. The van der Waals surface area contributed by atoms with E-state index < -0.39 is 0 Å². The molecule has 2 fully saturated rings. The highest BCUT2D eigenvalue weighted by Crippen LogP contribution is 2.36. The van der Waals surface area contributed by atoms with Gasteiger partial charge in [0.25, 0.3) is 5.91 Å². The lowest BCUT2D eigenvalue weighted by molar-refractivity contribution is -0.127. The molecule has 1 amide bonds. The Hall–Kier alpha value is -1.46. The number of carbonyl (C=O) groups excluding carboxylic acids is 1. The third-order valence-corrected chi connectivity index (χ3v) is 5.29. The summed E-state index contributed by atoms with van der Waals surface area (Å²) in [6.07, 6.45) is 5.69. The molecule has 3 rings (SSSR count). The van der Waals surface area contributed by atoms with Crippen molar-refractivity contribution in [3.05, 3.63) is 30.1 Å². The minimum atomic E-state index is -0.0345. The van der Waals surface area contributed by atoms with Crippen LogP contribution in [0, 0.1) is 0 Å². The molecule has 2 saturated heterocycles. The van der Waals surface area contributed by atoms with Crippen molar-refractivity contribution in [3.8, 4) is 0 Å². The van der Waals surface area contributed by atoms with Crippen molar-refractivity contribution in [3.63, 3.8) is 0 Å². The molecule has 1 spiro atoms. The number of carbonyl (C=O) groups is 1. The second kappa shape index (κ2) is 6.97. The molecular weight excluding hydrogens is 290 g/mol. The quantitative estimate of drug-likeness (QED) is 0.857. The average Bonchev–Trinajstić information content (AvgIpc) is 2.59. The molecule has 0 N–H and O–H groups in total. The van der Waals surface area contributed by atoms with Gasteiger partial charge in [-0.2, -0.15) is 0 Å². The van der Waals surface area contributed by atoms with Crippen LogP contribution in [-0.4, -0.2) is 65.6 Å². The van der Waals surface area contributed by atoms with Crippen molar-refractivity contribution < 1.29 is 9.53 Å². The minimum absolute atomic E-state index is 0.0345. The Morgan fingerprint density at radius 1 is 1.43 bits per heavy atom. The molecule has 0 bridgehead atoms. The molecule has 2 aliphatic heterocycles. The van der Waals surface area contributed by atoms with Gasteiger partial charge in [-0.1, -0.05) is 6.07 Å². The van der Waals surface area contributed by atoms with E-state index in [4.69, 9.17) is 4.74 Å². The van der Waals surface area contributed by atoms with Crippen LogP contribution in [0.4, 0.5) is 0 Å². The Bertz CT molecular complexity index is 526. The van der Waals surface area contributed by atoms with Crippen LogP contribution in [0.25, 0.3) is 0 Å². The topological polar surface area (TPSA) is 45.7 Å². The van der Waals surface area contributed by atoms with Crippen molar-refractivity contribution in [1.82, 2.24) is 14.8 Å². The normalized spacial score (nSPS) is 24.5. The predicted octanol–water partition coefficient (Wildman–Crippen LogP) is 2.19. The summed E-state index contributed by atoms with van der Waals surface area (Å²) in [5.41, 5.74) is 0.506. The number of amides is 1. The van der Waals surface area contributed by atoms with E-state index in [9.17, 15) is 4.79 Å². The van der Waals surface area contributed by atoms with E-state index in [1.807, 2.05) is 17.0 Å². The zero-order chi connectivity index (χ0) is 16.3. The number of ether oxygens (including phenoxy) is 1. The van der Waals surface area contributed by atoms with Crippen LogP contribution >= 0.6 is 0 Å². The Balaban J connectivity index is 1.72. The maximum atomic E-state index is 12.8. The molecule has 3 heterocycles. The van der Waals surface area contributed by atoms with Crippen molar-refractivity contribution >= 4 is 5.91 Å². The number of pyridine rings is 1. The molecule has 2 aliphatic rings. The van der Waals surface area contributed by atoms with Gasteiger partial charge < -0.3 is 14.5 Å². The second-order valence-electron chi connectivity index (χ2n) is 6.79. The lowest BCUT2D eigenvalue weighted by Crippen LogP contribution is -2.54. The fraction of sp³-hybridized carbons (Fsp3) is 0.667. The molecule has 1 aromatic heterocycles. The van der Waals surface area contributed by atoms with Crippen molar-refractivity contribution in [1.29, 1.82) is 0 Å². The first-order chi connectivity index (χ1) is 11.1. The van der Waals surface area contributed by atoms with E-state index in [0.717, 1.165) is 51.9 Å². The molecule has 5 heteroatoms. The third-order valence-electron chi connectivity index (χ3n) is 5.29. The summed E-state index contributed by atoms with van der Waals surface area (Å²) in [4.78, 5) is 21.4. The maximum Gasteiger partial charge on any atom is 0.272 e. The summed E-state index contributed by atoms with van der Waals surface area (Å²) in [6, 6.07) is 5.77. The maximum absolute atomic E-state index is 12.8. The highest BCUT2D eigenvalue weighted by molar-refractivity contribution is 5.92. The summed E-state index contributed by atoms with van der Waals surface area (Å²) in [5, 5.41) is 0. The van der Waals surface area contributed by atoms with E-state index in [-0.39, 0.29) is 17.6 Å². The van der Waals surface area contributed by atoms with Crippen molar-refractivity contribution in [2.24, 2.45) is 0 Å². The predicted molar refractivity (Wildman–Crippen MR) is 89.4 cm³/mol. The van der Waals surface area contributed by atoms with Crippen molar-refractivity contribution in [2.45, 2.75) is 44.2 Å². The Labute approximate surface area is 138 Å². The van der Waals surface area contributed by atoms with Gasteiger partial charge in [0.15, 0.2) is 0 Å². The van der Waals surface area contributed by atoms with Gasteiger partial charge >= 0.3 is 0 Å². The van der Waals surface area contributed by atoms with Gasteiger partial charge in [-0.25, -0.2) is 0 Å². The highest BCUT2D eigenvalue weighted by atomic mass is 16.5. The smallest absolute Gasteiger partial charge is 0.272 e. The molecule has 1 atom stereocenters. The highest BCUT2D eigenvalue weighted by Gasteiger charge is 2.42. The number of aromatic nitrogens is 1. The molecule has 0 aliphatic carbocycles. The monoisotopic (exact) mass is 317 g/mol. The molecule has 0 aromatic carbocycles. The Morgan fingerprint density at radius 3 is 2.87 bits per heavy atom. The number of rotatable bonds is 3. The number of hydrogen-bond acceptors (Lipinski definition) is 4. The SMILES string of the molecule is CCN(C(=O)c1ccccn1)[C@H]1CCOC2(CCN(C)CC2)C1. The summed E-state index contributed by atoms with van der Waals surface area (Å²) < 4.78 is 6.18. The van der Waals surface area contributed by atoms with Gasteiger partial charge in [0, 0.05) is 38.5 Å². The van der Waals surface area contributed by atoms with Crippen LogP contribution in [-0.2, 0) is 4.74 Å². The van der Waals surface area contributed by atoms with E-state index in [1.54, 1.807) is 12.3 Å². The molecule has 1 aromatic rings. The van der Waals surface area contributed by atoms with Crippen LogP contribution in [0.1, 0.15) is 43.1 Å². The first kappa shape index (κ1) is 16.4. The molecule has 23 heavy (non-hydrogen) atoms. The van der Waals surface area contributed by atoms with Crippen LogP contribution in [0.5, 0.6) is 0 Å². The number of likely N-dealkylation sites (tertiary alicyclic amines) is 1. The Morgan fingerprint density at radius 2 is 2.22 bits per heavy atom. The van der Waals surface area contributed by atoms with Gasteiger partial charge in [0.05, 0.1) is 5.60 Å². The molecule has 0 radical (unpaired) electrons. The zero-order valence-electron chi connectivity index (χ0n) is 14.2. The standard InChI is InChI=1S/C18H27N3O2/c1-3-21(17(22)16-6-4-5-10-19-16)15-7-13-23-18(14-15)8-11-20(2)12-9-18/h4-6,10,15H,3,7-9,11-14H2,1-2H3/t15-/m0/s1. The second-order valence-corrected chi connectivity index (χ2v) is 6.79. The van der Waals surface area contributed by atoms with E-state index in [2.05, 4.69) is 23.9 Å². The van der Waals surface area contributed by atoms with Crippen LogP contribution in [0.15, 0.2) is 24.4 Å². The molecule has 126 valence electrons. The number of hydrogen-bond donors (Lipinski definition) is 0. The van der Waals surface area contributed by atoms with Gasteiger partial charge in [0.2, 0.25) is 0 Å².